The Morgan fingerprint density at radius 1 is 1.12 bits per heavy atom. The first kappa shape index (κ1) is 15.6. The zero-order valence-corrected chi connectivity index (χ0v) is 10.9. The summed E-state index contributed by atoms with van der Waals surface area (Å²) in [4.78, 5) is 8.80. The number of hydrogen-bond acceptors (Lipinski definition) is 3. The quantitative estimate of drug-likeness (QED) is 0.470. The summed E-state index contributed by atoms with van der Waals surface area (Å²) in [7, 11) is -3.94. The maximum atomic E-state index is 10.8. The van der Waals surface area contributed by atoms with Crippen LogP contribution in [0.3, 0.4) is 0 Å². The van der Waals surface area contributed by atoms with Crippen molar-refractivity contribution in [1.29, 1.82) is 5.26 Å². The summed E-state index contributed by atoms with van der Waals surface area (Å²) in [6.07, 6.45) is 9.23. The lowest BCUT2D eigenvalue weighted by atomic mass is 10.1. The normalized spacial score (nSPS) is 14.3. The lowest BCUT2D eigenvalue weighted by Gasteiger charge is -2.04. The van der Waals surface area contributed by atoms with Crippen molar-refractivity contribution in [2.45, 2.75) is 58.3 Å². The van der Waals surface area contributed by atoms with Gasteiger partial charge in [0.15, 0.2) is 5.81 Å². The molecule has 0 aromatic rings. The zero-order valence-electron chi connectivity index (χ0n) is 10.0. The second-order valence-corrected chi connectivity index (χ2v) is 5.43. The highest BCUT2D eigenvalue weighted by molar-refractivity contribution is 7.58. The molecule has 0 amide bonds. The van der Waals surface area contributed by atoms with Gasteiger partial charge in [0, 0.05) is 0 Å². The number of hydrogen-bond donors (Lipinski definition) is 1. The van der Waals surface area contributed by atoms with E-state index in [4.69, 9.17) is 10.2 Å². The Hall–Kier alpha value is -0.360. The van der Waals surface area contributed by atoms with Crippen LogP contribution in [0.4, 0.5) is 0 Å². The van der Waals surface area contributed by atoms with Crippen LogP contribution >= 0.6 is 7.60 Å². The Labute approximate surface area is 98.2 Å². The van der Waals surface area contributed by atoms with E-state index < -0.39 is 7.60 Å². The monoisotopic (exact) mass is 247 g/mol. The van der Waals surface area contributed by atoms with E-state index in [2.05, 4.69) is 11.4 Å². The molecule has 94 valence electrons. The molecule has 0 saturated carbocycles. The molecule has 1 unspecified atom stereocenters. The van der Waals surface area contributed by atoms with Crippen LogP contribution in [0.2, 0.25) is 0 Å². The minimum atomic E-state index is -3.94. The van der Waals surface area contributed by atoms with Gasteiger partial charge in [-0.25, -0.2) is 4.57 Å². The van der Waals surface area contributed by atoms with Crippen LogP contribution < -0.4 is 0 Å². The maximum absolute atomic E-state index is 10.8. The van der Waals surface area contributed by atoms with Crippen molar-refractivity contribution in [2.75, 3.05) is 6.61 Å². The molecule has 0 heterocycles. The first-order valence-corrected chi connectivity index (χ1v) is 7.59. The van der Waals surface area contributed by atoms with Gasteiger partial charge in [0.25, 0.3) is 0 Å². The molecule has 0 rings (SSSR count). The van der Waals surface area contributed by atoms with Crippen LogP contribution in [-0.4, -0.2) is 11.5 Å². The van der Waals surface area contributed by atoms with Gasteiger partial charge in [-0.1, -0.05) is 51.9 Å². The average Bonchev–Trinajstić information content (AvgIpc) is 2.27. The lowest BCUT2D eigenvalue weighted by molar-refractivity contribution is 0.262. The molecule has 0 radical (unpaired) electrons. The van der Waals surface area contributed by atoms with Crippen molar-refractivity contribution < 1.29 is 14.0 Å². The minimum absolute atomic E-state index is 0.205. The van der Waals surface area contributed by atoms with Crippen molar-refractivity contribution in [2.24, 2.45) is 0 Å². The van der Waals surface area contributed by atoms with E-state index in [1.807, 2.05) is 0 Å². The van der Waals surface area contributed by atoms with Crippen molar-refractivity contribution in [1.82, 2.24) is 0 Å². The van der Waals surface area contributed by atoms with Gasteiger partial charge < -0.3 is 4.89 Å². The van der Waals surface area contributed by atoms with Crippen molar-refractivity contribution >= 4 is 7.60 Å². The SMILES string of the molecule is CCCCCCCCCCOP(=O)(O)C#N. The maximum Gasteiger partial charge on any atom is 0.428 e. The molecule has 0 aromatic carbocycles. The summed E-state index contributed by atoms with van der Waals surface area (Å²) in [6.45, 7) is 2.40. The molecule has 0 aromatic heterocycles. The van der Waals surface area contributed by atoms with Crippen LogP contribution in [0.5, 0.6) is 0 Å². The highest BCUT2D eigenvalue weighted by atomic mass is 31.2. The molecule has 0 aliphatic carbocycles. The predicted molar refractivity (Wildman–Crippen MR) is 64.0 cm³/mol. The van der Waals surface area contributed by atoms with Crippen molar-refractivity contribution in [3.05, 3.63) is 0 Å². The minimum Gasteiger partial charge on any atom is -0.314 e. The van der Waals surface area contributed by atoms with Gasteiger partial charge in [-0.3, -0.25) is 4.52 Å². The molecule has 0 bridgehead atoms. The van der Waals surface area contributed by atoms with Gasteiger partial charge in [-0.05, 0) is 6.42 Å². The molecule has 4 nitrogen and oxygen atoms in total. The summed E-state index contributed by atoms with van der Waals surface area (Å²) >= 11 is 0. The second kappa shape index (κ2) is 9.84. The Morgan fingerprint density at radius 2 is 1.62 bits per heavy atom. The lowest BCUT2D eigenvalue weighted by Crippen LogP contribution is -1.91. The van der Waals surface area contributed by atoms with E-state index in [0.29, 0.717) is 0 Å². The van der Waals surface area contributed by atoms with Gasteiger partial charge in [0.05, 0.1) is 6.61 Å². The fraction of sp³-hybridized carbons (Fsp3) is 0.909. The highest BCUT2D eigenvalue weighted by Crippen LogP contribution is 2.39. The Kier molecular flexibility index (Phi) is 9.62. The summed E-state index contributed by atoms with van der Waals surface area (Å²) in [5, 5.41) is 8.23. The van der Waals surface area contributed by atoms with Crippen LogP contribution in [0, 0.1) is 11.1 Å². The van der Waals surface area contributed by atoms with Gasteiger partial charge >= 0.3 is 7.60 Å². The number of unbranched alkanes of at least 4 members (excludes halogenated alkanes) is 7. The van der Waals surface area contributed by atoms with Gasteiger partial charge in [0.2, 0.25) is 0 Å². The van der Waals surface area contributed by atoms with Gasteiger partial charge in [-0.15, -0.1) is 0 Å². The third-order valence-electron chi connectivity index (χ3n) is 2.39. The Morgan fingerprint density at radius 3 is 2.12 bits per heavy atom. The largest absolute Gasteiger partial charge is 0.428 e. The third-order valence-corrected chi connectivity index (χ3v) is 3.18. The highest BCUT2D eigenvalue weighted by Gasteiger charge is 2.16. The smallest absolute Gasteiger partial charge is 0.314 e. The summed E-state index contributed by atoms with van der Waals surface area (Å²) in [5.41, 5.74) is 0. The molecule has 0 spiro atoms. The van der Waals surface area contributed by atoms with E-state index in [-0.39, 0.29) is 6.61 Å². The third kappa shape index (κ3) is 10.2. The topological polar surface area (TPSA) is 70.3 Å². The summed E-state index contributed by atoms with van der Waals surface area (Å²) in [6, 6.07) is 0. The molecule has 1 atom stereocenters. The van der Waals surface area contributed by atoms with Crippen LogP contribution in [0.15, 0.2) is 0 Å². The molecule has 16 heavy (non-hydrogen) atoms. The molecule has 0 aliphatic heterocycles. The van der Waals surface area contributed by atoms with E-state index in [0.717, 1.165) is 19.3 Å². The first-order chi connectivity index (χ1) is 7.62. The molecular formula is C11H22NO3P. The molecule has 0 aliphatic rings. The summed E-state index contributed by atoms with van der Waals surface area (Å²) in [5.74, 6) is 1.26. The van der Waals surface area contributed by atoms with Crippen LogP contribution in [0.1, 0.15) is 58.3 Å². The average molecular weight is 247 g/mol. The molecular weight excluding hydrogens is 225 g/mol. The Bertz CT molecular complexity index is 250. The molecule has 5 heteroatoms. The summed E-state index contributed by atoms with van der Waals surface area (Å²) < 4.78 is 15.3. The van der Waals surface area contributed by atoms with Crippen molar-refractivity contribution in [3.63, 3.8) is 0 Å². The predicted octanol–water partition coefficient (Wildman–Crippen LogP) is 3.81. The molecule has 1 N–H and O–H groups in total. The van der Waals surface area contributed by atoms with Gasteiger partial charge in [-0.2, -0.15) is 5.26 Å². The zero-order chi connectivity index (χ0) is 12.3. The van der Waals surface area contributed by atoms with E-state index >= 15 is 0 Å². The fourth-order valence-electron chi connectivity index (χ4n) is 1.45. The van der Waals surface area contributed by atoms with Gasteiger partial charge in [0.1, 0.15) is 0 Å². The second-order valence-electron chi connectivity index (χ2n) is 3.93. The van der Waals surface area contributed by atoms with Crippen LogP contribution in [-0.2, 0) is 9.09 Å². The molecule has 0 fully saturated rings. The van der Waals surface area contributed by atoms with E-state index in [1.165, 1.54) is 37.9 Å². The fourth-order valence-corrected chi connectivity index (χ4v) is 1.89. The Balaban J connectivity index is 3.17. The standard InChI is InChI=1S/C11H22NO3P/c1-2-3-4-5-6-7-8-9-10-15-16(13,14)11-12/h2-10H2,1H3,(H,13,14). The van der Waals surface area contributed by atoms with Crippen molar-refractivity contribution in [3.8, 4) is 5.81 Å². The van der Waals surface area contributed by atoms with E-state index in [9.17, 15) is 4.57 Å². The number of nitrogens with zero attached hydrogens (tertiary/aromatic N) is 1. The first-order valence-electron chi connectivity index (χ1n) is 6.01. The number of nitriles is 1. The number of rotatable bonds is 10. The van der Waals surface area contributed by atoms with Crippen LogP contribution in [0.25, 0.3) is 0 Å². The van der Waals surface area contributed by atoms with E-state index in [1.54, 1.807) is 0 Å². The molecule has 0 saturated heterocycles.